The molecule has 0 unspecified atom stereocenters. The summed E-state index contributed by atoms with van der Waals surface area (Å²) >= 11 is 7.40. The zero-order valence-corrected chi connectivity index (χ0v) is 20.3. The number of hydrazone groups is 1. The van der Waals surface area contributed by atoms with Gasteiger partial charge in [-0.3, -0.25) is 10.2 Å². The standard InChI is InChI=1S/C24H23ClN4O4S/c1-3-21-28-29-22(26)16(23(30)27-24(29)34-21)13-15-9-10-19(20(14-15)31-2)33-12-6-11-32-18-8-5-4-7-17(18)25/h4-5,7-10,13-14,26H,3,6,11-12H2,1-2H3/b16-13+,26-22?. The zero-order chi connectivity index (χ0) is 24.1. The highest BCUT2D eigenvalue weighted by Crippen LogP contribution is 2.32. The maximum Gasteiger partial charge on any atom is 0.283 e. The number of rotatable bonds is 9. The topological polar surface area (TPSA) is 96.6 Å². The van der Waals surface area contributed by atoms with E-state index in [2.05, 4.69) is 10.1 Å². The van der Waals surface area contributed by atoms with Crippen LogP contribution >= 0.6 is 23.4 Å². The van der Waals surface area contributed by atoms with Gasteiger partial charge in [0.25, 0.3) is 5.91 Å². The number of hydrogen-bond donors (Lipinski definition) is 1. The second-order valence-corrected chi connectivity index (χ2v) is 8.71. The number of amidine groups is 2. The van der Waals surface area contributed by atoms with Crippen molar-refractivity contribution in [2.75, 3.05) is 20.3 Å². The van der Waals surface area contributed by atoms with Gasteiger partial charge in [0.15, 0.2) is 17.3 Å². The summed E-state index contributed by atoms with van der Waals surface area (Å²) in [6.45, 7) is 2.85. The summed E-state index contributed by atoms with van der Waals surface area (Å²) in [5.74, 6) is 1.27. The first-order valence-electron chi connectivity index (χ1n) is 10.7. The molecule has 0 radical (unpaired) electrons. The van der Waals surface area contributed by atoms with Gasteiger partial charge >= 0.3 is 0 Å². The van der Waals surface area contributed by atoms with Crippen LogP contribution in [-0.4, -0.2) is 47.3 Å². The van der Waals surface area contributed by atoms with E-state index in [1.807, 2.05) is 25.1 Å². The molecule has 1 N–H and O–H groups in total. The Morgan fingerprint density at radius 2 is 1.88 bits per heavy atom. The van der Waals surface area contributed by atoms with Crippen molar-refractivity contribution in [3.8, 4) is 17.2 Å². The van der Waals surface area contributed by atoms with Crippen molar-refractivity contribution >= 4 is 51.4 Å². The number of carbonyl (C=O) groups is 1. The van der Waals surface area contributed by atoms with Crippen LogP contribution in [0.5, 0.6) is 17.2 Å². The second-order valence-electron chi connectivity index (χ2n) is 7.26. The van der Waals surface area contributed by atoms with E-state index in [4.69, 9.17) is 31.2 Å². The lowest BCUT2D eigenvalue weighted by molar-refractivity contribution is -0.114. The summed E-state index contributed by atoms with van der Waals surface area (Å²) < 4.78 is 17.0. The Hall–Kier alpha value is -3.30. The number of amides is 1. The van der Waals surface area contributed by atoms with Crippen LogP contribution in [0, 0.1) is 5.41 Å². The third-order valence-electron chi connectivity index (χ3n) is 4.94. The Kier molecular flexibility index (Phi) is 7.54. The summed E-state index contributed by atoms with van der Waals surface area (Å²) in [7, 11) is 1.55. The van der Waals surface area contributed by atoms with Crippen molar-refractivity contribution in [2.24, 2.45) is 10.1 Å². The van der Waals surface area contributed by atoms with Crippen LogP contribution < -0.4 is 14.2 Å². The predicted molar refractivity (Wildman–Crippen MR) is 135 cm³/mol. The highest BCUT2D eigenvalue weighted by atomic mass is 35.5. The summed E-state index contributed by atoms with van der Waals surface area (Å²) in [5.41, 5.74) is 0.849. The van der Waals surface area contributed by atoms with Crippen molar-refractivity contribution in [2.45, 2.75) is 19.8 Å². The van der Waals surface area contributed by atoms with E-state index in [0.717, 1.165) is 5.04 Å². The molecular weight excluding hydrogens is 476 g/mol. The molecule has 0 spiro atoms. The third kappa shape index (κ3) is 5.26. The lowest BCUT2D eigenvalue weighted by atomic mass is 10.1. The minimum atomic E-state index is -0.464. The Labute approximate surface area is 206 Å². The van der Waals surface area contributed by atoms with Gasteiger partial charge in [-0.2, -0.15) is 15.1 Å². The predicted octanol–water partition coefficient (Wildman–Crippen LogP) is 5.23. The number of fused-ring (bicyclic) bond motifs is 1. The van der Waals surface area contributed by atoms with Gasteiger partial charge in [-0.05, 0) is 54.1 Å². The van der Waals surface area contributed by atoms with Crippen LogP contribution in [0.25, 0.3) is 6.08 Å². The number of para-hydroxylation sites is 1. The van der Waals surface area contributed by atoms with Crippen molar-refractivity contribution in [3.63, 3.8) is 0 Å². The maximum atomic E-state index is 12.5. The summed E-state index contributed by atoms with van der Waals surface area (Å²) in [6, 6.07) is 12.6. The number of benzene rings is 2. The number of nitrogens with zero attached hydrogens (tertiary/aromatic N) is 3. The molecule has 10 heteroatoms. The quantitative estimate of drug-likeness (QED) is 0.376. The first kappa shape index (κ1) is 23.8. The zero-order valence-electron chi connectivity index (χ0n) is 18.7. The van der Waals surface area contributed by atoms with Gasteiger partial charge in [-0.25, -0.2) is 0 Å². The minimum Gasteiger partial charge on any atom is -0.493 e. The molecule has 2 aliphatic heterocycles. The molecule has 0 saturated carbocycles. The van der Waals surface area contributed by atoms with E-state index in [1.165, 1.54) is 16.8 Å². The van der Waals surface area contributed by atoms with Crippen LogP contribution in [0.4, 0.5) is 0 Å². The molecule has 176 valence electrons. The molecule has 0 saturated heterocycles. The van der Waals surface area contributed by atoms with E-state index < -0.39 is 5.91 Å². The van der Waals surface area contributed by atoms with Gasteiger partial charge < -0.3 is 14.2 Å². The van der Waals surface area contributed by atoms with Gasteiger partial charge in [-0.15, -0.1) is 0 Å². The SMILES string of the molecule is CCC1=NN2C(=N)/C(=C\c3ccc(OCCCOc4ccccc4Cl)c(OC)c3)C(=O)N=C2S1. The molecule has 2 aromatic rings. The van der Waals surface area contributed by atoms with Gasteiger partial charge in [0.05, 0.1) is 30.9 Å². The monoisotopic (exact) mass is 498 g/mol. The minimum absolute atomic E-state index is 0.00348. The molecule has 0 aliphatic carbocycles. The third-order valence-corrected chi connectivity index (χ3v) is 6.30. The molecule has 0 aromatic heterocycles. The fourth-order valence-corrected chi connectivity index (χ4v) is 4.23. The summed E-state index contributed by atoms with van der Waals surface area (Å²) in [6.07, 6.45) is 2.98. The van der Waals surface area contributed by atoms with Crippen LogP contribution in [-0.2, 0) is 4.79 Å². The van der Waals surface area contributed by atoms with Crippen LogP contribution in [0.15, 0.2) is 58.1 Å². The number of carbonyl (C=O) groups excluding carboxylic acids is 1. The Bertz CT molecular complexity index is 1210. The van der Waals surface area contributed by atoms with Crippen molar-refractivity contribution in [1.29, 1.82) is 5.41 Å². The van der Waals surface area contributed by atoms with Crippen LogP contribution in [0.2, 0.25) is 5.02 Å². The van der Waals surface area contributed by atoms with Crippen molar-refractivity contribution < 1.29 is 19.0 Å². The number of aliphatic imine (C=N–C) groups is 1. The molecule has 1 amide bonds. The van der Waals surface area contributed by atoms with E-state index in [-0.39, 0.29) is 11.4 Å². The number of ether oxygens (including phenoxy) is 3. The Balaban J connectivity index is 1.40. The normalized spacial score (nSPS) is 16.3. The van der Waals surface area contributed by atoms with E-state index in [9.17, 15) is 4.79 Å². The Morgan fingerprint density at radius 1 is 1.12 bits per heavy atom. The molecule has 2 heterocycles. The van der Waals surface area contributed by atoms with Crippen molar-refractivity contribution in [3.05, 3.63) is 58.6 Å². The van der Waals surface area contributed by atoms with Gasteiger partial charge in [-0.1, -0.05) is 36.7 Å². The lowest BCUT2D eigenvalue weighted by Gasteiger charge is -2.20. The smallest absolute Gasteiger partial charge is 0.283 e. The van der Waals surface area contributed by atoms with Gasteiger partial charge in [0, 0.05) is 6.42 Å². The first-order valence-corrected chi connectivity index (χ1v) is 11.9. The fourth-order valence-electron chi connectivity index (χ4n) is 3.22. The van der Waals surface area contributed by atoms with Gasteiger partial charge in [0.1, 0.15) is 10.8 Å². The maximum absolute atomic E-state index is 12.5. The molecule has 8 nitrogen and oxygen atoms in total. The lowest BCUT2D eigenvalue weighted by Crippen LogP contribution is -2.35. The number of thioether (sulfide) groups is 1. The average Bonchev–Trinajstić information content (AvgIpc) is 3.26. The largest absolute Gasteiger partial charge is 0.493 e. The molecular formula is C24H23ClN4O4S. The van der Waals surface area contributed by atoms with E-state index in [1.54, 1.807) is 37.5 Å². The second kappa shape index (κ2) is 10.8. The molecule has 34 heavy (non-hydrogen) atoms. The highest BCUT2D eigenvalue weighted by Gasteiger charge is 2.35. The van der Waals surface area contributed by atoms with Crippen molar-refractivity contribution in [1.82, 2.24) is 5.01 Å². The average molecular weight is 499 g/mol. The van der Waals surface area contributed by atoms with Gasteiger partial charge in [0.2, 0.25) is 5.17 Å². The molecule has 0 bridgehead atoms. The van der Waals surface area contributed by atoms with Crippen LogP contribution in [0.1, 0.15) is 25.3 Å². The Morgan fingerprint density at radius 3 is 2.62 bits per heavy atom. The van der Waals surface area contributed by atoms with E-state index >= 15 is 0 Å². The molecule has 0 fully saturated rings. The highest BCUT2D eigenvalue weighted by molar-refractivity contribution is 8.26. The molecule has 2 aliphatic rings. The molecule has 0 atom stereocenters. The summed E-state index contributed by atoms with van der Waals surface area (Å²) in [4.78, 5) is 16.6. The number of hydrogen-bond acceptors (Lipinski definition) is 7. The number of methoxy groups -OCH3 is 1. The van der Waals surface area contributed by atoms with Crippen LogP contribution in [0.3, 0.4) is 0 Å². The van der Waals surface area contributed by atoms with E-state index in [0.29, 0.717) is 59.1 Å². The molecule has 4 rings (SSSR count). The fraction of sp³-hybridized carbons (Fsp3) is 0.250. The number of nitrogens with one attached hydrogen (secondary N) is 1. The number of halogens is 1. The summed E-state index contributed by atoms with van der Waals surface area (Å²) in [5, 5.41) is 16.0. The first-order chi connectivity index (χ1) is 16.5. The molecule has 2 aromatic carbocycles.